The fraction of sp³-hybridized carbons (Fsp3) is 0.0909. The van der Waals surface area contributed by atoms with E-state index in [0.29, 0.717) is 17.8 Å². The van der Waals surface area contributed by atoms with Gasteiger partial charge < -0.3 is 16.3 Å². The first-order chi connectivity index (χ1) is 9.20. The SMILES string of the molecule is NC(=NO)c1ccc(CNC(=O)c2csnn2)cc1. The van der Waals surface area contributed by atoms with Gasteiger partial charge in [0.2, 0.25) is 0 Å². The molecule has 0 radical (unpaired) electrons. The second kappa shape index (κ2) is 5.91. The van der Waals surface area contributed by atoms with Gasteiger partial charge in [-0.3, -0.25) is 4.79 Å². The average molecular weight is 277 g/mol. The van der Waals surface area contributed by atoms with E-state index >= 15 is 0 Å². The average Bonchev–Trinajstić information content (AvgIpc) is 2.98. The van der Waals surface area contributed by atoms with Crippen LogP contribution in [0.1, 0.15) is 21.6 Å². The van der Waals surface area contributed by atoms with Crippen LogP contribution in [0.5, 0.6) is 0 Å². The van der Waals surface area contributed by atoms with Gasteiger partial charge in [0.1, 0.15) is 0 Å². The maximum absolute atomic E-state index is 11.6. The van der Waals surface area contributed by atoms with Crippen molar-refractivity contribution in [3.63, 3.8) is 0 Å². The molecule has 0 unspecified atom stereocenters. The van der Waals surface area contributed by atoms with Crippen LogP contribution >= 0.6 is 11.5 Å². The minimum atomic E-state index is -0.269. The third kappa shape index (κ3) is 3.26. The molecule has 0 spiro atoms. The molecule has 7 nitrogen and oxygen atoms in total. The molecule has 19 heavy (non-hydrogen) atoms. The van der Waals surface area contributed by atoms with Crippen molar-refractivity contribution in [2.24, 2.45) is 10.9 Å². The van der Waals surface area contributed by atoms with Crippen LogP contribution in [0.3, 0.4) is 0 Å². The van der Waals surface area contributed by atoms with Gasteiger partial charge in [0.05, 0.1) is 0 Å². The van der Waals surface area contributed by atoms with Gasteiger partial charge in [-0.15, -0.1) is 5.10 Å². The van der Waals surface area contributed by atoms with Gasteiger partial charge in [-0.1, -0.05) is 33.9 Å². The zero-order chi connectivity index (χ0) is 13.7. The largest absolute Gasteiger partial charge is 0.409 e. The summed E-state index contributed by atoms with van der Waals surface area (Å²) in [5.74, 6) is -0.224. The number of hydrogen-bond donors (Lipinski definition) is 3. The van der Waals surface area contributed by atoms with Crippen molar-refractivity contribution in [3.8, 4) is 0 Å². The maximum atomic E-state index is 11.6. The summed E-state index contributed by atoms with van der Waals surface area (Å²) in [7, 11) is 0. The molecule has 0 fully saturated rings. The number of carbonyl (C=O) groups excluding carboxylic acids is 1. The lowest BCUT2D eigenvalue weighted by atomic mass is 10.1. The molecule has 1 aromatic carbocycles. The Labute approximate surface area is 112 Å². The molecule has 1 amide bonds. The first-order valence-electron chi connectivity index (χ1n) is 5.33. The third-order valence-corrected chi connectivity index (χ3v) is 2.91. The van der Waals surface area contributed by atoms with Crippen molar-refractivity contribution in [3.05, 3.63) is 46.5 Å². The zero-order valence-electron chi connectivity index (χ0n) is 9.78. The highest BCUT2D eigenvalue weighted by molar-refractivity contribution is 7.03. The Kier molecular flexibility index (Phi) is 4.04. The van der Waals surface area contributed by atoms with Gasteiger partial charge in [-0.2, -0.15) is 0 Å². The first-order valence-corrected chi connectivity index (χ1v) is 6.16. The van der Waals surface area contributed by atoms with Crippen LogP contribution in [0.25, 0.3) is 0 Å². The number of nitrogens with zero attached hydrogens (tertiary/aromatic N) is 3. The summed E-state index contributed by atoms with van der Waals surface area (Å²) in [6, 6.07) is 6.99. The highest BCUT2D eigenvalue weighted by Crippen LogP contribution is 2.05. The van der Waals surface area contributed by atoms with Crippen molar-refractivity contribution in [2.75, 3.05) is 0 Å². The standard InChI is InChI=1S/C11H11N5O2S/c12-10(15-18)8-3-1-7(2-4-8)5-13-11(17)9-6-19-16-14-9/h1-4,6,18H,5H2,(H2,12,15)(H,13,17). The van der Waals surface area contributed by atoms with Crippen LogP contribution in [0.15, 0.2) is 34.8 Å². The smallest absolute Gasteiger partial charge is 0.273 e. The number of carbonyl (C=O) groups is 1. The van der Waals surface area contributed by atoms with E-state index < -0.39 is 0 Å². The highest BCUT2D eigenvalue weighted by atomic mass is 32.1. The molecule has 2 rings (SSSR count). The van der Waals surface area contributed by atoms with E-state index in [-0.39, 0.29) is 11.7 Å². The van der Waals surface area contributed by atoms with E-state index in [2.05, 4.69) is 20.1 Å². The number of nitrogens with two attached hydrogens (primary N) is 1. The van der Waals surface area contributed by atoms with Crippen molar-refractivity contribution in [2.45, 2.75) is 6.54 Å². The normalized spacial score (nSPS) is 11.3. The fourth-order valence-electron chi connectivity index (χ4n) is 1.39. The van der Waals surface area contributed by atoms with Gasteiger partial charge in [0, 0.05) is 17.5 Å². The Morgan fingerprint density at radius 2 is 2.16 bits per heavy atom. The van der Waals surface area contributed by atoms with Crippen LogP contribution in [0.4, 0.5) is 0 Å². The Morgan fingerprint density at radius 1 is 1.42 bits per heavy atom. The maximum Gasteiger partial charge on any atom is 0.273 e. The molecule has 0 saturated heterocycles. The molecule has 0 aliphatic carbocycles. The van der Waals surface area contributed by atoms with E-state index in [1.807, 2.05) is 0 Å². The molecule has 4 N–H and O–H groups in total. The molecule has 2 aromatic rings. The zero-order valence-corrected chi connectivity index (χ0v) is 10.6. The molecule has 1 heterocycles. The van der Waals surface area contributed by atoms with Gasteiger partial charge in [-0.25, -0.2) is 0 Å². The molecule has 0 atom stereocenters. The van der Waals surface area contributed by atoms with Crippen LogP contribution in [0, 0.1) is 0 Å². The number of amides is 1. The number of hydrogen-bond acceptors (Lipinski definition) is 6. The van der Waals surface area contributed by atoms with E-state index in [4.69, 9.17) is 10.9 Å². The Bertz CT molecular complexity index is 580. The predicted octanol–water partition coefficient (Wildman–Crippen LogP) is 0.563. The number of nitrogens with one attached hydrogen (secondary N) is 1. The Morgan fingerprint density at radius 3 is 2.74 bits per heavy atom. The Hall–Kier alpha value is -2.48. The second-order valence-corrected chi connectivity index (χ2v) is 4.26. The molecular formula is C11H11N5O2S. The fourth-order valence-corrected chi connectivity index (χ4v) is 1.82. The van der Waals surface area contributed by atoms with Crippen LogP contribution in [0.2, 0.25) is 0 Å². The minimum absolute atomic E-state index is 0.0455. The van der Waals surface area contributed by atoms with Crippen LogP contribution in [-0.2, 0) is 6.54 Å². The second-order valence-electron chi connectivity index (χ2n) is 3.65. The summed E-state index contributed by atoms with van der Waals surface area (Å²) >= 11 is 1.12. The lowest BCUT2D eigenvalue weighted by Crippen LogP contribution is -2.23. The summed E-state index contributed by atoms with van der Waals surface area (Å²) in [5.41, 5.74) is 7.26. The van der Waals surface area contributed by atoms with Crippen molar-refractivity contribution in [1.82, 2.24) is 14.9 Å². The predicted molar refractivity (Wildman–Crippen MR) is 70.0 cm³/mol. The van der Waals surface area contributed by atoms with E-state index in [9.17, 15) is 4.79 Å². The number of aromatic nitrogens is 2. The molecule has 8 heteroatoms. The summed E-state index contributed by atoms with van der Waals surface area (Å²) in [6.07, 6.45) is 0. The summed E-state index contributed by atoms with van der Waals surface area (Å²) in [5, 5.41) is 19.4. The third-order valence-electron chi connectivity index (χ3n) is 2.40. The van der Waals surface area contributed by atoms with Gasteiger partial charge >= 0.3 is 0 Å². The van der Waals surface area contributed by atoms with Crippen molar-refractivity contribution < 1.29 is 10.0 Å². The van der Waals surface area contributed by atoms with Crippen LogP contribution < -0.4 is 11.1 Å². The first kappa shape index (κ1) is 13.0. The van der Waals surface area contributed by atoms with Gasteiger partial charge in [0.15, 0.2) is 11.5 Å². The molecule has 0 aliphatic heterocycles. The number of oxime groups is 1. The summed E-state index contributed by atoms with van der Waals surface area (Å²) < 4.78 is 3.62. The van der Waals surface area contributed by atoms with E-state index in [0.717, 1.165) is 17.1 Å². The number of rotatable bonds is 4. The molecule has 0 saturated carbocycles. The summed E-state index contributed by atoms with van der Waals surface area (Å²) in [4.78, 5) is 11.6. The monoisotopic (exact) mass is 277 g/mol. The van der Waals surface area contributed by atoms with E-state index in [1.165, 1.54) is 0 Å². The lowest BCUT2D eigenvalue weighted by Gasteiger charge is -2.04. The molecule has 1 aromatic heterocycles. The van der Waals surface area contributed by atoms with Crippen molar-refractivity contribution in [1.29, 1.82) is 0 Å². The number of benzene rings is 1. The topological polar surface area (TPSA) is 113 Å². The number of amidine groups is 1. The van der Waals surface area contributed by atoms with Crippen molar-refractivity contribution >= 4 is 23.3 Å². The van der Waals surface area contributed by atoms with E-state index in [1.54, 1.807) is 29.6 Å². The molecule has 0 bridgehead atoms. The van der Waals surface area contributed by atoms with Gasteiger partial charge in [0.25, 0.3) is 5.91 Å². The summed E-state index contributed by atoms with van der Waals surface area (Å²) in [6.45, 7) is 0.368. The molecule has 0 aliphatic rings. The highest BCUT2D eigenvalue weighted by Gasteiger charge is 2.08. The van der Waals surface area contributed by atoms with Crippen LogP contribution in [-0.4, -0.2) is 26.5 Å². The lowest BCUT2D eigenvalue weighted by molar-refractivity contribution is 0.0946. The van der Waals surface area contributed by atoms with Gasteiger partial charge in [-0.05, 0) is 17.1 Å². The Balaban J connectivity index is 1.95. The quantitative estimate of drug-likeness (QED) is 0.327. The molecule has 98 valence electrons. The minimum Gasteiger partial charge on any atom is -0.409 e. The molecular weight excluding hydrogens is 266 g/mol.